The van der Waals surface area contributed by atoms with Crippen molar-refractivity contribution in [1.82, 2.24) is 5.32 Å². The van der Waals surface area contributed by atoms with Crippen molar-refractivity contribution in [3.8, 4) is 5.75 Å². The van der Waals surface area contributed by atoms with E-state index in [0.717, 1.165) is 31.2 Å². The van der Waals surface area contributed by atoms with E-state index < -0.39 is 5.60 Å². The van der Waals surface area contributed by atoms with E-state index in [1.54, 1.807) is 6.07 Å². The molecule has 0 aliphatic heterocycles. The fourth-order valence-corrected chi connectivity index (χ4v) is 2.53. The lowest BCUT2D eigenvalue weighted by molar-refractivity contribution is 0.00108. The zero-order chi connectivity index (χ0) is 14.6. The highest BCUT2D eigenvalue weighted by molar-refractivity contribution is 5.34. The third-order valence-electron chi connectivity index (χ3n) is 3.75. The summed E-state index contributed by atoms with van der Waals surface area (Å²) in [5, 5.41) is 13.6. The van der Waals surface area contributed by atoms with Crippen LogP contribution in [0.25, 0.3) is 0 Å². The van der Waals surface area contributed by atoms with Crippen LogP contribution >= 0.6 is 0 Å². The number of nitrogens with one attached hydrogen (secondary N) is 1. The lowest BCUT2D eigenvalue weighted by Crippen LogP contribution is -2.32. The average Bonchev–Trinajstić information content (AvgIpc) is 2.82. The number of halogens is 1. The molecule has 2 rings (SSSR count). The Hall–Kier alpha value is -1.13. The Kier molecular flexibility index (Phi) is 5.00. The van der Waals surface area contributed by atoms with E-state index in [1.165, 1.54) is 12.1 Å². The number of hydrogen-bond donors (Lipinski definition) is 2. The van der Waals surface area contributed by atoms with Crippen LogP contribution in [-0.2, 0) is 6.54 Å². The highest BCUT2D eigenvalue weighted by Crippen LogP contribution is 2.31. The van der Waals surface area contributed by atoms with Gasteiger partial charge in [0, 0.05) is 18.2 Å². The molecule has 2 N–H and O–H groups in total. The monoisotopic (exact) mass is 281 g/mol. The Bertz CT molecular complexity index is 442. The molecule has 1 aromatic carbocycles. The molecule has 0 saturated heterocycles. The molecular weight excluding hydrogens is 257 g/mol. The Morgan fingerprint density at radius 2 is 2.05 bits per heavy atom. The average molecular weight is 281 g/mol. The summed E-state index contributed by atoms with van der Waals surface area (Å²) in [6.07, 6.45) is 3.66. The van der Waals surface area contributed by atoms with E-state index in [2.05, 4.69) is 5.32 Å². The van der Waals surface area contributed by atoms with E-state index in [4.69, 9.17) is 4.74 Å². The van der Waals surface area contributed by atoms with Gasteiger partial charge in [-0.2, -0.15) is 0 Å². The fraction of sp³-hybridized carbons (Fsp3) is 0.625. The van der Waals surface area contributed by atoms with Crippen LogP contribution in [0.2, 0.25) is 0 Å². The minimum Gasteiger partial charge on any atom is -0.490 e. The normalized spacial score (nSPS) is 17.6. The second-order valence-corrected chi connectivity index (χ2v) is 6.01. The summed E-state index contributed by atoms with van der Waals surface area (Å²) in [5.41, 5.74) is 0.0808. The Balaban J connectivity index is 2.02. The van der Waals surface area contributed by atoms with Crippen molar-refractivity contribution in [2.45, 2.75) is 57.7 Å². The van der Waals surface area contributed by atoms with Crippen LogP contribution in [0.3, 0.4) is 0 Å². The summed E-state index contributed by atoms with van der Waals surface area (Å²) >= 11 is 0. The highest BCUT2D eigenvalue weighted by Gasteiger charge is 2.32. The topological polar surface area (TPSA) is 41.5 Å². The number of hydrogen-bond acceptors (Lipinski definition) is 3. The first kappa shape index (κ1) is 15.3. The summed E-state index contributed by atoms with van der Waals surface area (Å²) in [7, 11) is 0. The highest BCUT2D eigenvalue weighted by atomic mass is 19.1. The zero-order valence-electron chi connectivity index (χ0n) is 12.3. The Morgan fingerprint density at radius 3 is 2.70 bits per heavy atom. The molecule has 1 aliphatic rings. The van der Waals surface area contributed by atoms with Crippen molar-refractivity contribution in [2.75, 3.05) is 6.61 Å². The van der Waals surface area contributed by atoms with E-state index >= 15 is 0 Å². The van der Waals surface area contributed by atoms with Crippen molar-refractivity contribution in [3.05, 3.63) is 29.6 Å². The van der Waals surface area contributed by atoms with Crippen LogP contribution in [0.4, 0.5) is 4.39 Å². The van der Waals surface area contributed by atoms with Crippen molar-refractivity contribution in [2.24, 2.45) is 0 Å². The predicted molar refractivity (Wildman–Crippen MR) is 77.3 cm³/mol. The molecule has 0 atom stereocenters. The van der Waals surface area contributed by atoms with Gasteiger partial charge in [0.15, 0.2) is 0 Å². The maximum atomic E-state index is 13.4. The maximum absolute atomic E-state index is 13.4. The Labute approximate surface area is 120 Å². The minimum absolute atomic E-state index is 0.266. The first-order valence-corrected chi connectivity index (χ1v) is 7.35. The van der Waals surface area contributed by atoms with E-state index in [1.807, 2.05) is 13.8 Å². The fourth-order valence-electron chi connectivity index (χ4n) is 2.53. The molecule has 1 aromatic rings. The quantitative estimate of drug-likeness (QED) is 0.842. The molecule has 1 fully saturated rings. The van der Waals surface area contributed by atoms with Crippen LogP contribution < -0.4 is 10.1 Å². The van der Waals surface area contributed by atoms with E-state index in [0.29, 0.717) is 18.3 Å². The zero-order valence-corrected chi connectivity index (χ0v) is 12.3. The molecule has 0 bridgehead atoms. The molecule has 0 radical (unpaired) electrons. The molecule has 1 saturated carbocycles. The molecule has 112 valence electrons. The number of aliphatic hydroxyl groups is 1. The molecule has 0 amide bonds. The van der Waals surface area contributed by atoms with Gasteiger partial charge in [-0.3, -0.25) is 0 Å². The van der Waals surface area contributed by atoms with Gasteiger partial charge in [0.25, 0.3) is 0 Å². The first-order valence-electron chi connectivity index (χ1n) is 7.35. The van der Waals surface area contributed by atoms with Crippen molar-refractivity contribution in [1.29, 1.82) is 0 Å². The smallest absolute Gasteiger partial charge is 0.124 e. The number of benzene rings is 1. The van der Waals surface area contributed by atoms with Crippen LogP contribution in [0.5, 0.6) is 5.75 Å². The van der Waals surface area contributed by atoms with Crippen molar-refractivity contribution in [3.63, 3.8) is 0 Å². The van der Waals surface area contributed by atoms with Crippen LogP contribution in [0.1, 0.15) is 45.1 Å². The van der Waals surface area contributed by atoms with Crippen LogP contribution in [0.15, 0.2) is 18.2 Å². The summed E-state index contributed by atoms with van der Waals surface area (Å²) in [5.74, 6) is 0.386. The third-order valence-corrected chi connectivity index (χ3v) is 3.75. The van der Waals surface area contributed by atoms with Gasteiger partial charge >= 0.3 is 0 Å². The van der Waals surface area contributed by atoms with E-state index in [-0.39, 0.29) is 12.4 Å². The molecule has 0 spiro atoms. The summed E-state index contributed by atoms with van der Waals surface area (Å²) in [4.78, 5) is 0. The molecule has 4 heteroatoms. The van der Waals surface area contributed by atoms with Gasteiger partial charge in [-0.05, 0) is 31.0 Å². The predicted octanol–water partition coefficient (Wildman–Crippen LogP) is 3.01. The minimum atomic E-state index is -0.711. The summed E-state index contributed by atoms with van der Waals surface area (Å²) in [6, 6.07) is 4.85. The first-order chi connectivity index (χ1) is 9.48. The van der Waals surface area contributed by atoms with Gasteiger partial charge in [0.05, 0.1) is 5.60 Å². The standard InChI is InChI=1S/C16H24FNO2/c1-12(2)18-10-13-9-14(17)5-6-15(13)20-11-16(19)7-3-4-8-16/h5-6,9,12,18-19H,3-4,7-8,10-11H2,1-2H3. The number of rotatable bonds is 6. The summed E-state index contributed by atoms with van der Waals surface area (Å²) < 4.78 is 19.1. The third kappa shape index (κ3) is 4.18. The maximum Gasteiger partial charge on any atom is 0.124 e. The number of ether oxygens (including phenoxy) is 1. The van der Waals surface area contributed by atoms with E-state index in [9.17, 15) is 9.50 Å². The van der Waals surface area contributed by atoms with Gasteiger partial charge in [-0.1, -0.05) is 26.7 Å². The van der Waals surface area contributed by atoms with Crippen LogP contribution in [0, 0.1) is 5.82 Å². The molecular formula is C16H24FNO2. The van der Waals surface area contributed by atoms with Crippen molar-refractivity contribution < 1.29 is 14.2 Å². The molecule has 0 unspecified atom stereocenters. The lowest BCUT2D eigenvalue weighted by atomic mass is 10.0. The van der Waals surface area contributed by atoms with Gasteiger partial charge < -0.3 is 15.2 Å². The largest absolute Gasteiger partial charge is 0.490 e. The van der Waals surface area contributed by atoms with Crippen molar-refractivity contribution >= 4 is 0 Å². The second-order valence-electron chi connectivity index (χ2n) is 6.01. The van der Waals surface area contributed by atoms with Gasteiger partial charge in [-0.25, -0.2) is 4.39 Å². The molecule has 1 aliphatic carbocycles. The van der Waals surface area contributed by atoms with Gasteiger partial charge in [0.1, 0.15) is 18.2 Å². The lowest BCUT2D eigenvalue weighted by Gasteiger charge is -2.23. The SMILES string of the molecule is CC(C)NCc1cc(F)ccc1OCC1(O)CCCC1. The second kappa shape index (κ2) is 6.55. The molecule has 20 heavy (non-hydrogen) atoms. The van der Waals surface area contributed by atoms with Gasteiger partial charge in [-0.15, -0.1) is 0 Å². The van der Waals surface area contributed by atoms with Gasteiger partial charge in [0.2, 0.25) is 0 Å². The molecule has 3 nitrogen and oxygen atoms in total. The summed E-state index contributed by atoms with van der Waals surface area (Å²) in [6.45, 7) is 4.93. The van der Waals surface area contributed by atoms with Crippen LogP contribution in [-0.4, -0.2) is 23.4 Å². The Morgan fingerprint density at radius 1 is 1.35 bits per heavy atom. The molecule has 0 heterocycles. The molecule has 0 aromatic heterocycles.